The molecule has 0 saturated heterocycles. The molecule has 0 aliphatic heterocycles. The Morgan fingerprint density at radius 3 is 2.74 bits per heavy atom. The number of benzene rings is 1. The molecule has 0 saturated carbocycles. The van der Waals surface area contributed by atoms with Crippen LogP contribution in [0.15, 0.2) is 18.2 Å². The van der Waals surface area contributed by atoms with Crippen molar-refractivity contribution in [3.8, 4) is 0 Å². The van der Waals surface area contributed by atoms with Crippen LogP contribution in [0, 0.1) is 0 Å². The fraction of sp³-hybridized carbons (Fsp3) is 0.438. The van der Waals surface area contributed by atoms with Crippen molar-refractivity contribution in [2.75, 3.05) is 7.05 Å². The molecule has 2 amide bonds. The molecule has 0 radical (unpaired) electrons. The van der Waals surface area contributed by atoms with Crippen LogP contribution < -0.4 is 10.6 Å². The number of carbonyl (C=O) groups excluding carboxylic acids is 2. The average Bonchev–Trinajstić information content (AvgIpc) is 2.94. The van der Waals surface area contributed by atoms with Crippen molar-refractivity contribution in [2.24, 2.45) is 0 Å². The van der Waals surface area contributed by atoms with E-state index in [-0.39, 0.29) is 18.4 Å². The predicted molar refractivity (Wildman–Crippen MR) is 86.9 cm³/mol. The smallest absolute Gasteiger partial charge is 0.251 e. The summed E-state index contributed by atoms with van der Waals surface area (Å²) in [5.74, 6) is 0.195. The number of nitrogens with one attached hydrogen (secondary N) is 3. The Hall–Kier alpha value is -2.41. The van der Waals surface area contributed by atoms with Crippen LogP contribution in [0.25, 0.3) is 11.0 Å². The number of hydrogen-bond acceptors (Lipinski definition) is 4. The number of carbonyl (C=O) groups is 2. The van der Waals surface area contributed by atoms with Crippen LogP contribution in [0.4, 0.5) is 0 Å². The van der Waals surface area contributed by atoms with Gasteiger partial charge in [-0.3, -0.25) is 9.59 Å². The number of aromatic nitrogens is 2. The highest BCUT2D eigenvalue weighted by Crippen LogP contribution is 2.16. The first-order valence-electron chi connectivity index (χ1n) is 7.47. The minimum Gasteiger partial charge on any atom is -0.388 e. The number of hydrogen-bond donors (Lipinski definition) is 4. The lowest BCUT2D eigenvalue weighted by Gasteiger charge is -2.26. The molecular formula is C16H22N4O3. The summed E-state index contributed by atoms with van der Waals surface area (Å²) in [5.41, 5.74) is 1.40. The van der Waals surface area contributed by atoms with Crippen molar-refractivity contribution in [3.05, 3.63) is 29.6 Å². The molecule has 0 fully saturated rings. The summed E-state index contributed by atoms with van der Waals surface area (Å²) in [5, 5.41) is 14.6. The van der Waals surface area contributed by atoms with Crippen LogP contribution in [0.1, 0.15) is 42.9 Å². The van der Waals surface area contributed by atoms with E-state index in [4.69, 9.17) is 5.11 Å². The highest BCUT2D eigenvalue weighted by molar-refractivity contribution is 5.97. The van der Waals surface area contributed by atoms with Crippen molar-refractivity contribution in [3.63, 3.8) is 0 Å². The highest BCUT2D eigenvalue weighted by Gasteiger charge is 2.22. The Bertz CT molecular complexity index is 721. The predicted octanol–water partition coefficient (Wildman–Crippen LogP) is 1.09. The van der Waals surface area contributed by atoms with Gasteiger partial charge < -0.3 is 20.7 Å². The minimum atomic E-state index is -0.497. The maximum absolute atomic E-state index is 12.4. The van der Waals surface area contributed by atoms with Crippen molar-refractivity contribution < 1.29 is 14.7 Å². The van der Waals surface area contributed by atoms with Crippen LogP contribution in [-0.2, 0) is 11.4 Å². The number of H-pyrrole nitrogens is 1. The molecule has 0 aliphatic rings. The van der Waals surface area contributed by atoms with E-state index in [0.717, 1.165) is 0 Å². The maximum Gasteiger partial charge on any atom is 0.251 e. The third-order valence-electron chi connectivity index (χ3n) is 3.65. The highest BCUT2D eigenvalue weighted by atomic mass is 16.3. The van der Waals surface area contributed by atoms with E-state index < -0.39 is 5.54 Å². The Morgan fingerprint density at radius 1 is 1.35 bits per heavy atom. The van der Waals surface area contributed by atoms with Gasteiger partial charge in [0.1, 0.15) is 12.4 Å². The SMILES string of the molecule is CNC(=O)CCC(C)(C)NC(=O)c1ccc2nc(CO)[nH]c2c1. The topological polar surface area (TPSA) is 107 Å². The summed E-state index contributed by atoms with van der Waals surface area (Å²) < 4.78 is 0. The summed E-state index contributed by atoms with van der Waals surface area (Å²) in [7, 11) is 1.59. The zero-order valence-corrected chi connectivity index (χ0v) is 13.6. The Kier molecular flexibility index (Phi) is 5.00. The molecule has 0 atom stereocenters. The van der Waals surface area contributed by atoms with Crippen LogP contribution in [-0.4, -0.2) is 39.5 Å². The third-order valence-corrected chi connectivity index (χ3v) is 3.65. The van der Waals surface area contributed by atoms with Gasteiger partial charge in [-0.15, -0.1) is 0 Å². The fourth-order valence-corrected chi connectivity index (χ4v) is 2.27. The molecule has 7 nitrogen and oxygen atoms in total. The number of aliphatic hydroxyl groups is 1. The fourth-order valence-electron chi connectivity index (χ4n) is 2.27. The number of nitrogens with zero attached hydrogens (tertiary/aromatic N) is 1. The Balaban J connectivity index is 2.08. The summed E-state index contributed by atoms with van der Waals surface area (Å²) in [4.78, 5) is 30.9. The maximum atomic E-state index is 12.4. The largest absolute Gasteiger partial charge is 0.388 e. The molecule has 7 heteroatoms. The molecule has 0 aliphatic carbocycles. The lowest BCUT2D eigenvalue weighted by atomic mass is 9.97. The average molecular weight is 318 g/mol. The van der Waals surface area contributed by atoms with Crippen LogP contribution >= 0.6 is 0 Å². The molecule has 2 aromatic rings. The standard InChI is InChI=1S/C16H22N4O3/c1-16(2,7-6-14(22)17-3)20-15(23)10-4-5-11-12(8-10)19-13(9-21)18-11/h4-5,8,21H,6-7,9H2,1-3H3,(H,17,22)(H,18,19)(H,20,23). The van der Waals surface area contributed by atoms with Crippen molar-refractivity contribution in [1.29, 1.82) is 0 Å². The molecule has 0 bridgehead atoms. The van der Waals surface area contributed by atoms with Crippen LogP contribution in [0.5, 0.6) is 0 Å². The summed E-state index contributed by atoms with van der Waals surface area (Å²) in [6, 6.07) is 5.12. The first-order valence-corrected chi connectivity index (χ1v) is 7.47. The number of fused-ring (bicyclic) bond motifs is 1. The van der Waals surface area contributed by atoms with Gasteiger partial charge in [0.05, 0.1) is 11.0 Å². The second-order valence-electron chi connectivity index (χ2n) is 6.08. The normalized spacial score (nSPS) is 11.5. The zero-order chi connectivity index (χ0) is 17.0. The molecule has 1 aromatic heterocycles. The number of aromatic amines is 1. The van der Waals surface area contributed by atoms with Gasteiger partial charge in [-0.1, -0.05) is 0 Å². The van der Waals surface area contributed by atoms with Gasteiger partial charge in [-0.05, 0) is 38.5 Å². The van der Waals surface area contributed by atoms with E-state index in [1.807, 2.05) is 13.8 Å². The lowest BCUT2D eigenvalue weighted by molar-refractivity contribution is -0.121. The lowest BCUT2D eigenvalue weighted by Crippen LogP contribution is -2.44. The first-order chi connectivity index (χ1) is 10.8. The van der Waals surface area contributed by atoms with Gasteiger partial charge >= 0.3 is 0 Å². The second kappa shape index (κ2) is 6.78. The van der Waals surface area contributed by atoms with E-state index in [9.17, 15) is 9.59 Å². The third kappa shape index (κ3) is 4.29. The van der Waals surface area contributed by atoms with Crippen molar-refractivity contribution >= 4 is 22.8 Å². The van der Waals surface area contributed by atoms with Crippen molar-refractivity contribution in [1.82, 2.24) is 20.6 Å². The van der Waals surface area contributed by atoms with Gasteiger partial charge in [-0.25, -0.2) is 4.98 Å². The Morgan fingerprint density at radius 2 is 2.09 bits per heavy atom. The molecule has 4 N–H and O–H groups in total. The van der Waals surface area contributed by atoms with Gasteiger partial charge in [0.25, 0.3) is 5.91 Å². The van der Waals surface area contributed by atoms with E-state index >= 15 is 0 Å². The molecule has 0 spiro atoms. The van der Waals surface area contributed by atoms with E-state index in [1.54, 1.807) is 25.2 Å². The van der Waals surface area contributed by atoms with E-state index in [2.05, 4.69) is 20.6 Å². The molecule has 124 valence electrons. The zero-order valence-electron chi connectivity index (χ0n) is 13.6. The van der Waals surface area contributed by atoms with Crippen LogP contribution in [0.3, 0.4) is 0 Å². The second-order valence-corrected chi connectivity index (χ2v) is 6.08. The molecule has 1 aromatic carbocycles. The molecule has 0 unspecified atom stereocenters. The summed E-state index contributed by atoms with van der Waals surface area (Å²) in [6.07, 6.45) is 0.891. The van der Waals surface area contributed by atoms with Crippen molar-refractivity contribution in [2.45, 2.75) is 38.8 Å². The molecule has 1 heterocycles. The summed E-state index contributed by atoms with van der Waals surface area (Å²) in [6.45, 7) is 3.58. The Labute approximate surface area is 134 Å². The molecule has 2 rings (SSSR count). The first kappa shape index (κ1) is 17.0. The van der Waals surface area contributed by atoms with Gasteiger partial charge in [0, 0.05) is 24.6 Å². The number of imidazole rings is 1. The van der Waals surface area contributed by atoms with Gasteiger partial charge in [-0.2, -0.15) is 0 Å². The van der Waals surface area contributed by atoms with Crippen LogP contribution in [0.2, 0.25) is 0 Å². The molecule has 23 heavy (non-hydrogen) atoms. The molecular weight excluding hydrogens is 296 g/mol. The van der Waals surface area contributed by atoms with E-state index in [0.29, 0.717) is 35.3 Å². The number of aliphatic hydroxyl groups excluding tert-OH is 1. The number of rotatable bonds is 6. The van der Waals surface area contributed by atoms with E-state index in [1.165, 1.54) is 0 Å². The monoisotopic (exact) mass is 318 g/mol. The van der Waals surface area contributed by atoms with Gasteiger partial charge in [0.2, 0.25) is 5.91 Å². The minimum absolute atomic E-state index is 0.0530. The van der Waals surface area contributed by atoms with Gasteiger partial charge in [0.15, 0.2) is 0 Å². The number of amides is 2. The summed E-state index contributed by atoms with van der Waals surface area (Å²) >= 11 is 0. The quantitative estimate of drug-likeness (QED) is 0.639.